The second-order valence-corrected chi connectivity index (χ2v) is 22.4. The van der Waals surface area contributed by atoms with Crippen LogP contribution in [0.15, 0.2) is 97.1 Å². The van der Waals surface area contributed by atoms with Crippen molar-refractivity contribution < 1.29 is 9.53 Å². The maximum Gasteiger partial charge on any atom is 0.308 e. The molecule has 0 bridgehead atoms. The number of benzene rings is 7. The van der Waals surface area contributed by atoms with E-state index in [1.165, 1.54) is 168 Å². The standard InChI is InChI=1S/C69H89BrO2/c1-10-18-24-48(14-5)36-52-32-34-59-57(40-52)44-63-55(38-50(16-7)26-20-12-3)28-22-30-61(63)67(59)65-42-54(46-70)43-66(69(65)72-47(9)71)68-60-35-33-53(37-49(15-6)25-19-11-2)41-58(60)45-64-56(29-23-31-62(64)68)39-51(17-8)27-21-13-4/h22-23,28-35,40-45,48-51H,10-21,24-27,36-39,46H2,1-9H3. The van der Waals surface area contributed by atoms with Crippen LogP contribution < -0.4 is 4.74 Å². The van der Waals surface area contributed by atoms with E-state index in [2.05, 4.69) is 168 Å². The topological polar surface area (TPSA) is 26.3 Å². The van der Waals surface area contributed by atoms with Gasteiger partial charge in [-0.2, -0.15) is 0 Å². The first-order chi connectivity index (χ1) is 35.1. The maximum atomic E-state index is 13.8. The average Bonchev–Trinajstić information content (AvgIpc) is 3.39. The largest absolute Gasteiger partial charge is 0.425 e. The molecule has 0 heterocycles. The molecular weight excluding hydrogens is 941 g/mol. The molecule has 2 nitrogen and oxygen atoms in total. The average molecular weight is 1030 g/mol. The second kappa shape index (κ2) is 27.2. The number of unbranched alkanes of at least 4 members (excludes halogenated alkanes) is 4. The van der Waals surface area contributed by atoms with Crippen LogP contribution in [0.1, 0.15) is 193 Å². The zero-order valence-corrected chi connectivity index (χ0v) is 47.7. The first-order valence-electron chi connectivity index (χ1n) is 29.0. The van der Waals surface area contributed by atoms with Crippen LogP contribution in [0.4, 0.5) is 0 Å². The van der Waals surface area contributed by atoms with Crippen LogP contribution in [-0.2, 0) is 35.8 Å². The number of esters is 1. The molecule has 7 aromatic carbocycles. The quantitative estimate of drug-likeness (QED) is 0.0212. The van der Waals surface area contributed by atoms with Gasteiger partial charge in [-0.05, 0) is 145 Å². The molecule has 7 rings (SSSR count). The first-order valence-corrected chi connectivity index (χ1v) is 30.1. The van der Waals surface area contributed by atoms with Gasteiger partial charge in [0.1, 0.15) is 5.75 Å². The van der Waals surface area contributed by atoms with Crippen molar-refractivity contribution in [2.75, 3.05) is 0 Å². The van der Waals surface area contributed by atoms with Crippen molar-refractivity contribution in [1.29, 1.82) is 0 Å². The molecule has 4 atom stereocenters. The minimum Gasteiger partial charge on any atom is -0.425 e. The molecule has 0 aliphatic carbocycles. The molecule has 0 aliphatic heterocycles. The van der Waals surface area contributed by atoms with Crippen molar-refractivity contribution in [3.8, 4) is 28.0 Å². The molecule has 384 valence electrons. The Kier molecular flexibility index (Phi) is 20.9. The van der Waals surface area contributed by atoms with Crippen LogP contribution in [0, 0.1) is 23.7 Å². The number of halogens is 1. The van der Waals surface area contributed by atoms with Gasteiger partial charge < -0.3 is 4.74 Å². The van der Waals surface area contributed by atoms with Gasteiger partial charge in [-0.25, -0.2) is 0 Å². The van der Waals surface area contributed by atoms with E-state index in [1.807, 2.05) is 0 Å². The zero-order chi connectivity index (χ0) is 51.1. The van der Waals surface area contributed by atoms with E-state index in [0.717, 1.165) is 53.5 Å². The summed E-state index contributed by atoms with van der Waals surface area (Å²) in [6.07, 6.45) is 24.0. The third-order valence-electron chi connectivity index (χ3n) is 16.6. The second-order valence-electron chi connectivity index (χ2n) is 21.9. The number of hydrogen-bond donors (Lipinski definition) is 0. The molecule has 0 aliphatic rings. The Hall–Kier alpha value is -4.47. The lowest BCUT2D eigenvalue weighted by Gasteiger charge is -2.24. The van der Waals surface area contributed by atoms with Gasteiger partial charge in [0.2, 0.25) is 0 Å². The van der Waals surface area contributed by atoms with Crippen molar-refractivity contribution in [2.24, 2.45) is 23.7 Å². The summed E-state index contributed by atoms with van der Waals surface area (Å²) in [5.74, 6) is 2.93. The number of hydrogen-bond acceptors (Lipinski definition) is 2. The molecule has 72 heavy (non-hydrogen) atoms. The summed E-state index contributed by atoms with van der Waals surface area (Å²) < 4.78 is 6.80. The van der Waals surface area contributed by atoms with Gasteiger partial charge in [0.25, 0.3) is 0 Å². The number of carbonyl (C=O) groups excluding carboxylic acids is 1. The lowest BCUT2D eigenvalue weighted by molar-refractivity contribution is -0.131. The molecule has 0 aromatic heterocycles. The molecular formula is C69H89BrO2. The predicted octanol–water partition coefficient (Wildman–Crippen LogP) is 21.5. The van der Waals surface area contributed by atoms with Crippen molar-refractivity contribution in [3.63, 3.8) is 0 Å². The molecule has 0 N–H and O–H groups in total. The summed E-state index contributed by atoms with van der Waals surface area (Å²) in [7, 11) is 0. The van der Waals surface area contributed by atoms with Gasteiger partial charge >= 0.3 is 5.97 Å². The van der Waals surface area contributed by atoms with Gasteiger partial charge in [0.15, 0.2) is 0 Å². The Labute approximate surface area is 444 Å². The Bertz CT molecular complexity index is 2700. The summed E-state index contributed by atoms with van der Waals surface area (Å²) in [4.78, 5) is 13.8. The smallest absolute Gasteiger partial charge is 0.308 e. The lowest BCUT2D eigenvalue weighted by atomic mass is 9.82. The lowest BCUT2D eigenvalue weighted by Crippen LogP contribution is -2.07. The van der Waals surface area contributed by atoms with E-state index in [9.17, 15) is 4.79 Å². The summed E-state index contributed by atoms with van der Waals surface area (Å²) in [6.45, 7) is 20.3. The van der Waals surface area contributed by atoms with E-state index in [4.69, 9.17) is 4.74 Å². The van der Waals surface area contributed by atoms with Crippen molar-refractivity contribution in [1.82, 2.24) is 0 Å². The summed E-state index contributed by atoms with van der Waals surface area (Å²) in [6, 6.07) is 38.2. The van der Waals surface area contributed by atoms with Crippen LogP contribution in [0.3, 0.4) is 0 Å². The number of ether oxygens (including phenoxy) is 1. The van der Waals surface area contributed by atoms with E-state index >= 15 is 0 Å². The monoisotopic (exact) mass is 1030 g/mol. The zero-order valence-electron chi connectivity index (χ0n) is 46.1. The Morgan fingerprint density at radius 3 is 1.18 bits per heavy atom. The third-order valence-corrected chi connectivity index (χ3v) is 17.3. The Morgan fingerprint density at radius 2 is 0.833 bits per heavy atom. The van der Waals surface area contributed by atoms with Crippen molar-refractivity contribution in [2.45, 2.75) is 196 Å². The number of rotatable bonds is 28. The van der Waals surface area contributed by atoms with Crippen LogP contribution in [0.2, 0.25) is 0 Å². The van der Waals surface area contributed by atoms with Gasteiger partial charge in [-0.3, -0.25) is 4.79 Å². The first kappa shape index (κ1) is 55.3. The van der Waals surface area contributed by atoms with Crippen LogP contribution in [0.5, 0.6) is 5.75 Å². The van der Waals surface area contributed by atoms with Gasteiger partial charge in [0, 0.05) is 34.5 Å². The molecule has 0 saturated heterocycles. The molecule has 4 unspecified atom stereocenters. The van der Waals surface area contributed by atoms with E-state index in [0.29, 0.717) is 34.8 Å². The maximum absolute atomic E-state index is 13.8. The molecule has 0 spiro atoms. The van der Waals surface area contributed by atoms with Crippen LogP contribution >= 0.6 is 15.9 Å². The van der Waals surface area contributed by atoms with Gasteiger partial charge in [0.05, 0.1) is 0 Å². The highest BCUT2D eigenvalue weighted by Gasteiger charge is 2.26. The molecule has 0 radical (unpaired) electrons. The summed E-state index contributed by atoms with van der Waals surface area (Å²) >= 11 is 3.99. The summed E-state index contributed by atoms with van der Waals surface area (Å²) in [5, 5.41) is 10.7. The fourth-order valence-electron chi connectivity index (χ4n) is 12.2. The number of fused-ring (bicyclic) bond motifs is 4. The van der Waals surface area contributed by atoms with Crippen LogP contribution in [-0.4, -0.2) is 5.97 Å². The van der Waals surface area contributed by atoms with Crippen molar-refractivity contribution >= 4 is 65.0 Å². The van der Waals surface area contributed by atoms with E-state index < -0.39 is 0 Å². The van der Waals surface area contributed by atoms with E-state index in [-0.39, 0.29) is 5.97 Å². The Morgan fingerprint density at radius 1 is 0.444 bits per heavy atom. The third kappa shape index (κ3) is 13.2. The highest BCUT2D eigenvalue weighted by molar-refractivity contribution is 9.08. The normalized spacial score (nSPS) is 13.6. The van der Waals surface area contributed by atoms with Gasteiger partial charge in [-0.15, -0.1) is 0 Å². The minimum atomic E-state index is -0.303. The Balaban J connectivity index is 1.57. The highest BCUT2D eigenvalue weighted by atomic mass is 79.9. The highest BCUT2D eigenvalue weighted by Crippen LogP contribution is 2.50. The molecule has 3 heteroatoms. The number of carbonyl (C=O) groups is 1. The summed E-state index contributed by atoms with van der Waals surface area (Å²) in [5.41, 5.74) is 11.1. The molecule has 0 saturated carbocycles. The van der Waals surface area contributed by atoms with Crippen molar-refractivity contribution in [3.05, 3.63) is 125 Å². The molecule has 0 amide bonds. The molecule has 7 aromatic rings. The number of alkyl halides is 1. The predicted molar refractivity (Wildman–Crippen MR) is 319 cm³/mol. The van der Waals surface area contributed by atoms with Gasteiger partial charge in [-0.1, -0.05) is 247 Å². The van der Waals surface area contributed by atoms with Crippen LogP contribution in [0.25, 0.3) is 65.3 Å². The van der Waals surface area contributed by atoms with E-state index in [1.54, 1.807) is 6.92 Å². The fourth-order valence-corrected chi connectivity index (χ4v) is 12.5. The minimum absolute atomic E-state index is 0.303. The fraction of sp³-hybridized carbons (Fsp3) is 0.493. The SMILES string of the molecule is CCCCC(CC)Cc1ccc2c(-c3cc(CBr)cc(-c4c5ccc(CC(CC)CCCC)cc5cc5c(CC(CC)CCCC)cccc45)c3OC(C)=O)c3cccc(CC(CC)CCCC)c3cc2c1. The molecule has 0 fully saturated rings.